The fourth-order valence-electron chi connectivity index (χ4n) is 3.56. The second-order valence-electron chi connectivity index (χ2n) is 5.90. The number of carbonyl (C=O) groups is 1. The van der Waals surface area contributed by atoms with E-state index in [0.717, 1.165) is 19.4 Å². The number of benzene rings is 1. The zero-order valence-electron chi connectivity index (χ0n) is 12.0. The lowest BCUT2D eigenvalue weighted by atomic mass is 9.67. The molecule has 2 heterocycles. The Kier molecular flexibility index (Phi) is 3.18. The van der Waals surface area contributed by atoms with Gasteiger partial charge in [-0.3, -0.25) is 5.32 Å². The van der Waals surface area contributed by atoms with Crippen LogP contribution in [0.25, 0.3) is 0 Å². The molecule has 1 unspecified atom stereocenters. The molecule has 1 aromatic carbocycles. The molecule has 22 heavy (non-hydrogen) atoms. The van der Waals surface area contributed by atoms with Crippen molar-refractivity contribution in [1.29, 1.82) is 0 Å². The summed E-state index contributed by atoms with van der Waals surface area (Å²) < 4.78 is 3.77. The molecule has 1 spiro atoms. The fraction of sp³-hybridized carbons (Fsp3) is 0.312. The summed E-state index contributed by atoms with van der Waals surface area (Å²) in [5.74, 6) is 0. The molecule has 5 nitrogen and oxygen atoms in total. The van der Waals surface area contributed by atoms with E-state index in [0.29, 0.717) is 5.00 Å². The first-order valence-corrected chi connectivity index (χ1v) is 8.11. The molecule has 0 bridgehead atoms. The molecule has 4 rings (SSSR count). The number of nitrogens with zero attached hydrogens (tertiary/aromatic N) is 3. The SMILES string of the molecule is O=C(Nc1cnns1)N1CC2(CC=CC2)C1c1ccccc1. The summed E-state index contributed by atoms with van der Waals surface area (Å²) in [4.78, 5) is 14.5. The van der Waals surface area contributed by atoms with Crippen LogP contribution < -0.4 is 5.32 Å². The van der Waals surface area contributed by atoms with E-state index in [1.165, 1.54) is 17.1 Å². The molecule has 0 saturated carbocycles. The molecule has 2 aromatic rings. The van der Waals surface area contributed by atoms with Gasteiger partial charge in [0, 0.05) is 23.5 Å². The maximum Gasteiger partial charge on any atom is 0.323 e. The van der Waals surface area contributed by atoms with Crippen molar-refractivity contribution in [2.75, 3.05) is 11.9 Å². The molecule has 1 N–H and O–H groups in total. The molecule has 1 aliphatic carbocycles. The van der Waals surface area contributed by atoms with Crippen molar-refractivity contribution in [1.82, 2.24) is 14.5 Å². The number of urea groups is 1. The number of hydrogen-bond donors (Lipinski definition) is 1. The van der Waals surface area contributed by atoms with Crippen molar-refractivity contribution in [3.63, 3.8) is 0 Å². The standard InChI is InChI=1S/C16H16N4OS/c21-15(18-13-10-17-19-22-13)20-11-16(8-4-5-9-16)14(20)12-6-2-1-3-7-12/h1-7,10,14H,8-9,11H2,(H,18,21). The van der Waals surface area contributed by atoms with Crippen LogP contribution in [0.2, 0.25) is 0 Å². The van der Waals surface area contributed by atoms with Gasteiger partial charge in [0.25, 0.3) is 0 Å². The van der Waals surface area contributed by atoms with Crippen LogP contribution >= 0.6 is 11.5 Å². The van der Waals surface area contributed by atoms with Crippen LogP contribution in [0.4, 0.5) is 9.80 Å². The van der Waals surface area contributed by atoms with Crippen LogP contribution in [0.1, 0.15) is 24.4 Å². The maximum atomic E-state index is 12.6. The number of nitrogens with one attached hydrogen (secondary N) is 1. The summed E-state index contributed by atoms with van der Waals surface area (Å²) in [6, 6.07) is 10.4. The van der Waals surface area contributed by atoms with Crippen molar-refractivity contribution >= 4 is 22.6 Å². The molecule has 6 heteroatoms. The number of aromatic nitrogens is 2. The third-order valence-corrected chi connectivity index (χ3v) is 5.14. The summed E-state index contributed by atoms with van der Waals surface area (Å²) in [5, 5.41) is 7.32. The van der Waals surface area contributed by atoms with Crippen LogP contribution in [0.3, 0.4) is 0 Å². The number of hydrogen-bond acceptors (Lipinski definition) is 4. The summed E-state index contributed by atoms with van der Waals surface area (Å²) in [7, 11) is 0. The highest BCUT2D eigenvalue weighted by molar-refractivity contribution is 7.10. The van der Waals surface area contributed by atoms with Crippen LogP contribution in [0, 0.1) is 5.41 Å². The third kappa shape index (κ3) is 2.11. The van der Waals surface area contributed by atoms with Gasteiger partial charge in [0.1, 0.15) is 5.00 Å². The first-order valence-electron chi connectivity index (χ1n) is 7.33. The highest BCUT2D eigenvalue weighted by Gasteiger charge is 2.54. The van der Waals surface area contributed by atoms with Crippen LogP contribution in [-0.2, 0) is 0 Å². The lowest BCUT2D eigenvalue weighted by Gasteiger charge is -2.56. The average molecular weight is 312 g/mol. The van der Waals surface area contributed by atoms with E-state index in [1.807, 2.05) is 23.1 Å². The van der Waals surface area contributed by atoms with Crippen molar-refractivity contribution < 1.29 is 4.79 Å². The van der Waals surface area contributed by atoms with Crippen molar-refractivity contribution in [3.05, 3.63) is 54.2 Å². The average Bonchev–Trinajstić information content (AvgIpc) is 3.18. The topological polar surface area (TPSA) is 58.1 Å². The summed E-state index contributed by atoms with van der Waals surface area (Å²) >= 11 is 1.19. The van der Waals surface area contributed by atoms with E-state index >= 15 is 0 Å². The van der Waals surface area contributed by atoms with Gasteiger partial charge in [0.2, 0.25) is 0 Å². The maximum absolute atomic E-state index is 12.6. The summed E-state index contributed by atoms with van der Waals surface area (Å²) in [6.45, 7) is 0.789. The van der Waals surface area contributed by atoms with Gasteiger partial charge in [0.15, 0.2) is 0 Å². The van der Waals surface area contributed by atoms with Gasteiger partial charge in [-0.05, 0) is 18.4 Å². The highest BCUT2D eigenvalue weighted by atomic mass is 32.1. The van der Waals surface area contributed by atoms with Gasteiger partial charge in [0.05, 0.1) is 12.2 Å². The second kappa shape index (κ2) is 5.21. The quantitative estimate of drug-likeness (QED) is 0.864. The molecule has 1 atom stereocenters. The van der Waals surface area contributed by atoms with Gasteiger partial charge in [-0.2, -0.15) is 0 Å². The van der Waals surface area contributed by atoms with Crippen molar-refractivity contribution in [2.45, 2.75) is 18.9 Å². The Bertz CT molecular complexity index is 690. The van der Waals surface area contributed by atoms with Gasteiger partial charge < -0.3 is 4.90 Å². The van der Waals surface area contributed by atoms with Crippen LogP contribution in [0.15, 0.2) is 48.7 Å². The number of carbonyl (C=O) groups excluding carboxylic acids is 1. The number of anilines is 1. The van der Waals surface area contributed by atoms with E-state index in [9.17, 15) is 4.79 Å². The molecule has 112 valence electrons. The smallest absolute Gasteiger partial charge is 0.316 e. The molecule has 1 aromatic heterocycles. The highest BCUT2D eigenvalue weighted by Crippen LogP contribution is 2.56. The Morgan fingerprint density at radius 1 is 1.27 bits per heavy atom. The molecule has 1 fully saturated rings. The minimum Gasteiger partial charge on any atom is -0.316 e. The first kappa shape index (κ1) is 13.5. The minimum atomic E-state index is -0.0718. The number of amides is 2. The minimum absolute atomic E-state index is 0.0718. The Balaban J connectivity index is 1.58. The molecule has 2 aliphatic rings. The largest absolute Gasteiger partial charge is 0.323 e. The van der Waals surface area contributed by atoms with E-state index < -0.39 is 0 Å². The number of rotatable bonds is 2. The second-order valence-corrected chi connectivity index (χ2v) is 6.68. The Hall–Kier alpha value is -2.21. The number of likely N-dealkylation sites (tertiary alicyclic amines) is 1. The molecular formula is C16H16N4OS. The van der Waals surface area contributed by atoms with E-state index in [4.69, 9.17) is 0 Å². The van der Waals surface area contributed by atoms with E-state index in [2.05, 4.69) is 39.2 Å². The molecule has 2 amide bonds. The third-order valence-electron chi connectivity index (χ3n) is 4.56. The van der Waals surface area contributed by atoms with E-state index in [1.54, 1.807) is 6.20 Å². The normalized spacial score (nSPS) is 21.8. The molecule has 1 saturated heterocycles. The summed E-state index contributed by atoms with van der Waals surface area (Å²) in [5.41, 5.74) is 1.38. The van der Waals surface area contributed by atoms with Crippen LogP contribution in [-0.4, -0.2) is 27.1 Å². The zero-order valence-corrected chi connectivity index (χ0v) is 12.8. The van der Waals surface area contributed by atoms with Gasteiger partial charge in [-0.1, -0.05) is 47.0 Å². The van der Waals surface area contributed by atoms with Gasteiger partial charge in [-0.15, -0.1) is 5.10 Å². The fourth-order valence-corrected chi connectivity index (χ4v) is 3.97. The Labute approximate surface area is 132 Å². The first-order chi connectivity index (χ1) is 10.8. The lowest BCUT2D eigenvalue weighted by Crippen LogP contribution is -2.60. The van der Waals surface area contributed by atoms with Gasteiger partial charge in [-0.25, -0.2) is 4.79 Å². The molecular weight excluding hydrogens is 296 g/mol. The Morgan fingerprint density at radius 2 is 2.05 bits per heavy atom. The predicted octanol–water partition coefficient (Wildman–Crippen LogP) is 3.46. The summed E-state index contributed by atoms with van der Waals surface area (Å²) in [6.07, 6.45) is 8.13. The van der Waals surface area contributed by atoms with Crippen molar-refractivity contribution in [2.24, 2.45) is 5.41 Å². The zero-order chi connectivity index (χ0) is 15.0. The molecule has 1 aliphatic heterocycles. The van der Waals surface area contributed by atoms with Crippen LogP contribution in [0.5, 0.6) is 0 Å². The van der Waals surface area contributed by atoms with Crippen molar-refractivity contribution in [3.8, 4) is 0 Å². The predicted molar refractivity (Wildman–Crippen MR) is 85.6 cm³/mol. The van der Waals surface area contributed by atoms with Gasteiger partial charge >= 0.3 is 6.03 Å². The Morgan fingerprint density at radius 3 is 2.73 bits per heavy atom. The number of allylic oxidation sites excluding steroid dienone is 2. The lowest BCUT2D eigenvalue weighted by molar-refractivity contribution is -0.0308. The monoisotopic (exact) mass is 312 g/mol. The molecule has 0 radical (unpaired) electrons. The van der Waals surface area contributed by atoms with E-state index in [-0.39, 0.29) is 17.5 Å².